The summed E-state index contributed by atoms with van der Waals surface area (Å²) in [6, 6.07) is 7.09. The number of amides is 1. The number of nitrogens with two attached hydrogens (primary N) is 1. The lowest BCUT2D eigenvalue weighted by atomic mass is 10.2. The maximum atomic E-state index is 12.0. The van der Waals surface area contributed by atoms with Crippen LogP contribution in [0.1, 0.15) is 10.5 Å². The minimum absolute atomic E-state index is 0.305. The summed E-state index contributed by atoms with van der Waals surface area (Å²) in [6.45, 7) is 0. The Kier molecular flexibility index (Phi) is 3.18. The van der Waals surface area contributed by atoms with Crippen LogP contribution in [0.15, 0.2) is 30.5 Å². The number of aromatic nitrogens is 2. The summed E-state index contributed by atoms with van der Waals surface area (Å²) in [5, 5.41) is 6.66. The van der Waals surface area contributed by atoms with Crippen LogP contribution in [-0.4, -0.2) is 22.8 Å². The highest BCUT2D eigenvalue weighted by Gasteiger charge is 2.15. The number of hydrogen-bond donors (Lipinski definition) is 2. The Labute approximate surface area is 104 Å². The third kappa shape index (κ3) is 2.27. The number of benzene rings is 1. The molecule has 3 N–H and O–H groups in total. The minimum Gasteiger partial charge on any atom is -0.497 e. The molecule has 1 aromatic heterocycles. The van der Waals surface area contributed by atoms with Crippen molar-refractivity contribution in [3.63, 3.8) is 0 Å². The van der Waals surface area contributed by atoms with Gasteiger partial charge in [0.05, 0.1) is 19.0 Å². The molecule has 6 heteroatoms. The van der Waals surface area contributed by atoms with Crippen molar-refractivity contribution in [2.45, 2.75) is 0 Å². The smallest absolute Gasteiger partial charge is 0.276 e. The van der Waals surface area contributed by atoms with Crippen molar-refractivity contribution in [2.24, 2.45) is 7.05 Å². The molecule has 0 aliphatic carbocycles. The van der Waals surface area contributed by atoms with E-state index in [1.807, 2.05) is 0 Å². The van der Waals surface area contributed by atoms with Crippen LogP contribution < -0.4 is 15.8 Å². The molecule has 0 saturated heterocycles. The van der Waals surface area contributed by atoms with Crippen LogP contribution in [0.5, 0.6) is 5.75 Å². The Morgan fingerprint density at radius 3 is 2.89 bits per heavy atom. The van der Waals surface area contributed by atoms with Crippen molar-refractivity contribution in [3.8, 4) is 5.75 Å². The zero-order chi connectivity index (χ0) is 13.1. The van der Waals surface area contributed by atoms with Gasteiger partial charge in [-0.15, -0.1) is 0 Å². The Balaban J connectivity index is 2.21. The fraction of sp³-hybridized carbons (Fsp3) is 0.167. The van der Waals surface area contributed by atoms with Crippen molar-refractivity contribution in [2.75, 3.05) is 18.2 Å². The number of nitrogen functional groups attached to an aromatic ring is 1. The molecular formula is C12H14N4O2. The fourth-order valence-electron chi connectivity index (χ4n) is 1.62. The van der Waals surface area contributed by atoms with Crippen LogP contribution in [0.3, 0.4) is 0 Å². The molecule has 2 rings (SSSR count). The number of carbonyl (C=O) groups is 1. The lowest BCUT2D eigenvalue weighted by molar-refractivity contribution is 0.101. The summed E-state index contributed by atoms with van der Waals surface area (Å²) in [6.07, 6.45) is 1.44. The molecule has 94 valence electrons. The first-order valence-electron chi connectivity index (χ1n) is 5.34. The van der Waals surface area contributed by atoms with E-state index in [9.17, 15) is 4.79 Å². The van der Waals surface area contributed by atoms with Crippen LogP contribution in [0.2, 0.25) is 0 Å². The lowest BCUT2D eigenvalue weighted by Gasteiger charge is -2.07. The second-order valence-corrected chi connectivity index (χ2v) is 3.76. The van der Waals surface area contributed by atoms with Gasteiger partial charge in [0, 0.05) is 18.8 Å². The molecule has 0 atom stereocenters. The summed E-state index contributed by atoms with van der Waals surface area (Å²) >= 11 is 0. The topological polar surface area (TPSA) is 82.2 Å². The zero-order valence-electron chi connectivity index (χ0n) is 10.2. The van der Waals surface area contributed by atoms with Gasteiger partial charge in [-0.05, 0) is 12.1 Å². The number of hydrogen-bond acceptors (Lipinski definition) is 4. The third-order valence-corrected chi connectivity index (χ3v) is 2.51. The highest BCUT2D eigenvalue weighted by Crippen LogP contribution is 2.18. The van der Waals surface area contributed by atoms with E-state index >= 15 is 0 Å². The van der Waals surface area contributed by atoms with Gasteiger partial charge in [0.1, 0.15) is 11.4 Å². The average Bonchev–Trinajstić information content (AvgIpc) is 2.69. The van der Waals surface area contributed by atoms with Crippen LogP contribution in [0.4, 0.5) is 11.4 Å². The lowest BCUT2D eigenvalue weighted by Crippen LogP contribution is -2.17. The highest BCUT2D eigenvalue weighted by molar-refractivity contribution is 6.06. The Morgan fingerprint density at radius 2 is 2.28 bits per heavy atom. The Hall–Kier alpha value is -2.50. The van der Waals surface area contributed by atoms with Crippen LogP contribution in [0.25, 0.3) is 0 Å². The first-order valence-corrected chi connectivity index (χ1v) is 5.34. The van der Waals surface area contributed by atoms with Crippen LogP contribution in [0, 0.1) is 0 Å². The van der Waals surface area contributed by atoms with E-state index in [1.54, 1.807) is 38.4 Å². The largest absolute Gasteiger partial charge is 0.497 e. The molecule has 6 nitrogen and oxygen atoms in total. The van der Waals surface area contributed by atoms with Crippen molar-refractivity contribution >= 4 is 17.3 Å². The number of ether oxygens (including phenoxy) is 1. The van der Waals surface area contributed by atoms with Crippen molar-refractivity contribution in [1.29, 1.82) is 0 Å². The fourth-order valence-corrected chi connectivity index (χ4v) is 1.62. The molecule has 1 aromatic carbocycles. The maximum absolute atomic E-state index is 12.0. The Bertz CT molecular complexity index is 558. The van der Waals surface area contributed by atoms with E-state index in [0.29, 0.717) is 22.8 Å². The number of aryl methyl sites for hydroxylation is 1. The molecule has 0 radical (unpaired) electrons. The summed E-state index contributed by atoms with van der Waals surface area (Å²) in [7, 11) is 3.23. The first kappa shape index (κ1) is 12.0. The van der Waals surface area contributed by atoms with Crippen LogP contribution >= 0.6 is 0 Å². The second kappa shape index (κ2) is 4.79. The molecule has 1 amide bonds. The van der Waals surface area contributed by atoms with Gasteiger partial charge in [0.15, 0.2) is 0 Å². The van der Waals surface area contributed by atoms with Crippen LogP contribution in [-0.2, 0) is 7.05 Å². The van der Waals surface area contributed by atoms with Gasteiger partial charge in [-0.25, -0.2) is 0 Å². The van der Waals surface area contributed by atoms with Gasteiger partial charge in [-0.1, -0.05) is 6.07 Å². The normalized spacial score (nSPS) is 10.1. The predicted octanol–water partition coefficient (Wildman–Crippen LogP) is 1.26. The van der Waals surface area contributed by atoms with Gasteiger partial charge in [-0.2, -0.15) is 5.10 Å². The summed E-state index contributed by atoms with van der Waals surface area (Å²) in [4.78, 5) is 12.0. The standard InChI is InChI=1S/C12H14N4O2/c1-16-11(10(13)7-14-16)12(17)15-8-4-3-5-9(6-8)18-2/h3-7H,13H2,1-2H3,(H,15,17). The van der Waals surface area contributed by atoms with Crippen molar-refractivity contribution < 1.29 is 9.53 Å². The molecular weight excluding hydrogens is 232 g/mol. The quantitative estimate of drug-likeness (QED) is 0.854. The minimum atomic E-state index is -0.305. The summed E-state index contributed by atoms with van der Waals surface area (Å²) in [5.74, 6) is 0.367. The van der Waals surface area contributed by atoms with E-state index in [-0.39, 0.29) is 5.91 Å². The van der Waals surface area contributed by atoms with E-state index in [2.05, 4.69) is 10.4 Å². The predicted molar refractivity (Wildman–Crippen MR) is 68.6 cm³/mol. The zero-order valence-corrected chi connectivity index (χ0v) is 10.2. The molecule has 2 aromatic rings. The number of nitrogens with zero attached hydrogens (tertiary/aromatic N) is 2. The molecule has 18 heavy (non-hydrogen) atoms. The van der Waals surface area contributed by atoms with Gasteiger partial charge in [0.25, 0.3) is 5.91 Å². The maximum Gasteiger partial charge on any atom is 0.276 e. The molecule has 0 unspecified atom stereocenters. The SMILES string of the molecule is COc1cccc(NC(=O)c2c(N)cnn2C)c1. The van der Waals surface area contributed by atoms with E-state index < -0.39 is 0 Å². The first-order chi connectivity index (χ1) is 8.61. The summed E-state index contributed by atoms with van der Waals surface area (Å²) in [5.41, 5.74) is 7.00. The Morgan fingerprint density at radius 1 is 1.50 bits per heavy atom. The number of nitrogens with one attached hydrogen (secondary N) is 1. The average molecular weight is 246 g/mol. The van der Waals surface area contributed by atoms with Crippen molar-refractivity contribution in [3.05, 3.63) is 36.2 Å². The number of anilines is 2. The van der Waals surface area contributed by atoms with E-state index in [0.717, 1.165) is 0 Å². The summed E-state index contributed by atoms with van der Waals surface area (Å²) < 4.78 is 6.52. The van der Waals surface area contributed by atoms with Gasteiger partial charge in [-0.3, -0.25) is 9.48 Å². The number of rotatable bonds is 3. The van der Waals surface area contributed by atoms with Gasteiger partial charge < -0.3 is 15.8 Å². The monoisotopic (exact) mass is 246 g/mol. The second-order valence-electron chi connectivity index (χ2n) is 3.76. The molecule has 0 aliphatic heterocycles. The van der Waals surface area contributed by atoms with E-state index in [1.165, 1.54) is 10.9 Å². The highest BCUT2D eigenvalue weighted by atomic mass is 16.5. The van der Waals surface area contributed by atoms with Gasteiger partial charge >= 0.3 is 0 Å². The van der Waals surface area contributed by atoms with E-state index in [4.69, 9.17) is 10.5 Å². The molecule has 0 aliphatic rings. The molecule has 0 fully saturated rings. The van der Waals surface area contributed by atoms with Crippen molar-refractivity contribution in [1.82, 2.24) is 9.78 Å². The molecule has 0 spiro atoms. The number of carbonyl (C=O) groups excluding carboxylic acids is 1. The molecule has 0 bridgehead atoms. The molecule has 1 heterocycles. The third-order valence-electron chi connectivity index (χ3n) is 2.51. The number of methoxy groups -OCH3 is 1. The van der Waals surface area contributed by atoms with Gasteiger partial charge in [0.2, 0.25) is 0 Å². The molecule has 0 saturated carbocycles.